The summed E-state index contributed by atoms with van der Waals surface area (Å²) in [6.45, 7) is 0. The number of nitrogens with one attached hydrogen (secondary N) is 1. The molecule has 0 spiro atoms. The second-order valence-electron chi connectivity index (χ2n) is 5.15. The molecule has 0 unspecified atom stereocenters. The fourth-order valence-electron chi connectivity index (χ4n) is 2.30. The summed E-state index contributed by atoms with van der Waals surface area (Å²) in [7, 11) is 0. The van der Waals surface area contributed by atoms with Crippen molar-refractivity contribution >= 4 is 56.3 Å². The number of aromatic nitrogens is 2. The van der Waals surface area contributed by atoms with E-state index in [0.717, 1.165) is 5.39 Å². The van der Waals surface area contributed by atoms with Crippen molar-refractivity contribution in [1.29, 1.82) is 0 Å². The largest absolute Gasteiger partial charge is 0.422 e. The minimum atomic E-state index is -0.477. The molecule has 0 aliphatic heterocycles. The molecule has 0 fully saturated rings. The molecule has 1 N–H and O–H groups in total. The average Bonchev–Trinajstić information content (AvgIpc) is 3.05. The van der Waals surface area contributed by atoms with Gasteiger partial charge in [0.25, 0.3) is 0 Å². The molecule has 2 heterocycles. The van der Waals surface area contributed by atoms with Crippen LogP contribution in [-0.2, 0) is 0 Å². The van der Waals surface area contributed by atoms with Crippen LogP contribution in [0.25, 0.3) is 21.5 Å². The van der Waals surface area contributed by atoms with Crippen LogP contribution in [0.4, 0.5) is 10.8 Å². The minimum absolute atomic E-state index is 0.333. The van der Waals surface area contributed by atoms with Gasteiger partial charge in [0, 0.05) is 10.4 Å². The second-order valence-corrected chi connectivity index (χ2v) is 6.97. The number of hydrogen-bond donors (Lipinski definition) is 1. The molecule has 124 valence electrons. The highest BCUT2D eigenvalue weighted by Gasteiger charge is 2.14. The maximum Gasteiger partial charge on any atom is 0.346 e. The number of benzene rings is 2. The molecule has 8 heteroatoms. The van der Waals surface area contributed by atoms with Crippen molar-refractivity contribution in [3.8, 4) is 10.6 Å². The Hall–Kier alpha value is -2.41. The second kappa shape index (κ2) is 6.48. The predicted octanol–water partition coefficient (Wildman–Crippen LogP) is 5.36. The van der Waals surface area contributed by atoms with Crippen molar-refractivity contribution < 1.29 is 4.42 Å². The number of rotatable bonds is 3. The van der Waals surface area contributed by atoms with E-state index in [1.165, 1.54) is 11.3 Å². The molecule has 0 aliphatic carbocycles. The molecule has 2 aromatic carbocycles. The summed E-state index contributed by atoms with van der Waals surface area (Å²) in [6.07, 6.45) is 0. The predicted molar refractivity (Wildman–Crippen MR) is 101 cm³/mol. The third-order valence-corrected chi connectivity index (χ3v) is 4.90. The molecular weight excluding hydrogens is 381 g/mol. The SMILES string of the molecule is O=c1oc2ccc(Cl)cc2cc1-c1nnc(Nc2ccccc2Cl)s1. The van der Waals surface area contributed by atoms with Gasteiger partial charge in [0.15, 0.2) is 5.01 Å². The lowest BCUT2D eigenvalue weighted by Gasteiger charge is -2.03. The number of halogens is 2. The quantitative estimate of drug-likeness (QED) is 0.477. The molecule has 0 atom stereocenters. The summed E-state index contributed by atoms with van der Waals surface area (Å²) in [5.41, 5.74) is 1.04. The minimum Gasteiger partial charge on any atom is -0.422 e. The van der Waals surface area contributed by atoms with Crippen LogP contribution in [0.3, 0.4) is 0 Å². The summed E-state index contributed by atoms with van der Waals surface area (Å²) in [6, 6.07) is 14.1. The molecule has 0 aliphatic rings. The molecule has 0 saturated heterocycles. The van der Waals surface area contributed by atoms with Gasteiger partial charge < -0.3 is 9.73 Å². The Kier molecular flexibility index (Phi) is 4.17. The van der Waals surface area contributed by atoms with E-state index in [2.05, 4.69) is 15.5 Å². The lowest BCUT2D eigenvalue weighted by molar-refractivity contribution is 0.563. The van der Waals surface area contributed by atoms with Gasteiger partial charge in [-0.2, -0.15) is 0 Å². The van der Waals surface area contributed by atoms with Crippen LogP contribution in [0.2, 0.25) is 10.0 Å². The van der Waals surface area contributed by atoms with Crippen LogP contribution in [0, 0.1) is 0 Å². The Balaban J connectivity index is 1.72. The maximum atomic E-state index is 12.2. The fourth-order valence-corrected chi connectivity index (χ4v) is 3.43. The fraction of sp³-hybridized carbons (Fsp3) is 0. The topological polar surface area (TPSA) is 68.0 Å². The zero-order chi connectivity index (χ0) is 17.4. The van der Waals surface area contributed by atoms with Gasteiger partial charge in [0.1, 0.15) is 5.58 Å². The van der Waals surface area contributed by atoms with Gasteiger partial charge in [-0.15, -0.1) is 10.2 Å². The molecule has 0 saturated carbocycles. The van der Waals surface area contributed by atoms with Crippen LogP contribution < -0.4 is 10.9 Å². The highest BCUT2D eigenvalue weighted by molar-refractivity contribution is 7.18. The van der Waals surface area contributed by atoms with E-state index in [1.54, 1.807) is 30.3 Å². The van der Waals surface area contributed by atoms with Gasteiger partial charge in [-0.05, 0) is 36.4 Å². The number of para-hydroxylation sites is 1. The molecule has 0 amide bonds. The smallest absolute Gasteiger partial charge is 0.346 e. The van der Waals surface area contributed by atoms with E-state index in [0.29, 0.717) is 37.0 Å². The van der Waals surface area contributed by atoms with Crippen LogP contribution in [0.15, 0.2) is 57.7 Å². The zero-order valence-electron chi connectivity index (χ0n) is 12.5. The van der Waals surface area contributed by atoms with E-state index in [-0.39, 0.29) is 0 Å². The molecule has 4 aromatic rings. The molecule has 25 heavy (non-hydrogen) atoms. The van der Waals surface area contributed by atoms with Gasteiger partial charge in [0.2, 0.25) is 5.13 Å². The summed E-state index contributed by atoms with van der Waals surface area (Å²) >= 11 is 13.3. The first-order chi connectivity index (χ1) is 12.1. The Morgan fingerprint density at radius 2 is 1.88 bits per heavy atom. The number of hydrogen-bond acceptors (Lipinski definition) is 6. The summed E-state index contributed by atoms with van der Waals surface area (Å²) in [5, 5.41) is 14.0. The highest BCUT2D eigenvalue weighted by atomic mass is 35.5. The number of fused-ring (bicyclic) bond motifs is 1. The van der Waals surface area contributed by atoms with Crippen LogP contribution >= 0.6 is 34.5 Å². The van der Waals surface area contributed by atoms with Crippen LogP contribution in [0.5, 0.6) is 0 Å². The zero-order valence-corrected chi connectivity index (χ0v) is 14.8. The maximum absolute atomic E-state index is 12.2. The van der Waals surface area contributed by atoms with Crippen LogP contribution in [-0.4, -0.2) is 10.2 Å². The first-order valence-corrected chi connectivity index (χ1v) is 8.76. The van der Waals surface area contributed by atoms with Gasteiger partial charge in [-0.1, -0.05) is 46.7 Å². The lowest BCUT2D eigenvalue weighted by Crippen LogP contribution is -2.02. The summed E-state index contributed by atoms with van der Waals surface area (Å²) < 4.78 is 5.33. The van der Waals surface area contributed by atoms with Gasteiger partial charge in [-0.3, -0.25) is 0 Å². The molecule has 5 nitrogen and oxygen atoms in total. The summed E-state index contributed by atoms with van der Waals surface area (Å²) in [5.74, 6) is 0. The van der Waals surface area contributed by atoms with Gasteiger partial charge >= 0.3 is 5.63 Å². The first kappa shape index (κ1) is 16.1. The van der Waals surface area contributed by atoms with E-state index in [1.807, 2.05) is 18.2 Å². The monoisotopic (exact) mass is 389 g/mol. The van der Waals surface area contributed by atoms with Crippen molar-refractivity contribution in [3.63, 3.8) is 0 Å². The van der Waals surface area contributed by atoms with Gasteiger partial charge in [-0.25, -0.2) is 4.79 Å². The third-order valence-electron chi connectivity index (χ3n) is 3.47. The lowest BCUT2D eigenvalue weighted by atomic mass is 10.2. The highest BCUT2D eigenvalue weighted by Crippen LogP contribution is 2.31. The van der Waals surface area contributed by atoms with E-state index >= 15 is 0 Å². The standard InChI is InChI=1S/C17H9Cl2N3O2S/c18-10-5-6-14-9(7-10)8-11(16(23)24-14)15-21-22-17(25-15)20-13-4-2-1-3-12(13)19/h1-8H,(H,20,22). The Morgan fingerprint density at radius 1 is 1.04 bits per heavy atom. The Bertz CT molecular complexity index is 1140. The van der Waals surface area contributed by atoms with Crippen molar-refractivity contribution in [3.05, 3.63) is 69.0 Å². The third kappa shape index (κ3) is 3.24. The van der Waals surface area contributed by atoms with Crippen LogP contribution in [0.1, 0.15) is 0 Å². The Morgan fingerprint density at radius 3 is 2.72 bits per heavy atom. The molecule has 0 radical (unpaired) electrons. The first-order valence-electron chi connectivity index (χ1n) is 7.19. The number of anilines is 2. The molecule has 0 bridgehead atoms. The van der Waals surface area contributed by atoms with E-state index in [4.69, 9.17) is 27.6 Å². The Labute approximate surface area is 155 Å². The normalized spacial score (nSPS) is 11.0. The molecule has 4 rings (SSSR count). The van der Waals surface area contributed by atoms with E-state index < -0.39 is 5.63 Å². The van der Waals surface area contributed by atoms with E-state index in [9.17, 15) is 4.79 Å². The van der Waals surface area contributed by atoms with Crippen molar-refractivity contribution in [1.82, 2.24) is 10.2 Å². The van der Waals surface area contributed by atoms with Crippen molar-refractivity contribution in [2.45, 2.75) is 0 Å². The number of nitrogens with zero attached hydrogens (tertiary/aromatic N) is 2. The van der Waals surface area contributed by atoms with Gasteiger partial charge in [0.05, 0.1) is 16.3 Å². The molecular formula is C17H9Cl2N3O2S. The van der Waals surface area contributed by atoms with Crippen molar-refractivity contribution in [2.24, 2.45) is 0 Å². The average molecular weight is 390 g/mol. The summed E-state index contributed by atoms with van der Waals surface area (Å²) in [4.78, 5) is 12.2. The van der Waals surface area contributed by atoms with Crippen molar-refractivity contribution in [2.75, 3.05) is 5.32 Å². The molecule has 2 aromatic heterocycles.